The lowest BCUT2D eigenvalue weighted by Gasteiger charge is -2.19. The fourth-order valence-corrected chi connectivity index (χ4v) is 2.43. The molecular formula is C17H18N4. The van der Waals surface area contributed by atoms with E-state index in [4.69, 9.17) is 0 Å². The summed E-state index contributed by atoms with van der Waals surface area (Å²) in [7, 11) is 0. The molecule has 1 atom stereocenters. The number of rotatable bonds is 5. The maximum atomic E-state index is 4.56. The molecule has 0 amide bonds. The predicted octanol–water partition coefficient (Wildman–Crippen LogP) is 3.11. The first kappa shape index (κ1) is 13.6. The lowest BCUT2D eigenvalue weighted by molar-refractivity contribution is 0.594. The van der Waals surface area contributed by atoms with Crippen LogP contribution in [0, 0.1) is 0 Å². The van der Waals surface area contributed by atoms with E-state index < -0.39 is 0 Å². The van der Waals surface area contributed by atoms with Gasteiger partial charge in [-0.2, -0.15) is 10.2 Å². The number of benzene rings is 1. The van der Waals surface area contributed by atoms with E-state index in [1.54, 1.807) is 6.20 Å². The molecule has 3 rings (SSSR count). The Balaban J connectivity index is 2.01. The van der Waals surface area contributed by atoms with E-state index in [-0.39, 0.29) is 6.04 Å². The van der Waals surface area contributed by atoms with Crippen molar-refractivity contribution in [1.82, 2.24) is 20.5 Å². The number of fused-ring (bicyclic) bond motifs is 1. The summed E-state index contributed by atoms with van der Waals surface area (Å²) < 4.78 is 0. The fraction of sp³-hybridized carbons (Fsp3) is 0.235. The van der Waals surface area contributed by atoms with Gasteiger partial charge in [-0.15, -0.1) is 0 Å². The van der Waals surface area contributed by atoms with Crippen molar-refractivity contribution >= 4 is 10.9 Å². The van der Waals surface area contributed by atoms with Crippen LogP contribution in [-0.4, -0.2) is 21.7 Å². The quantitative estimate of drug-likeness (QED) is 0.779. The minimum Gasteiger partial charge on any atom is -0.306 e. The largest absolute Gasteiger partial charge is 0.306 e. The molecule has 0 saturated carbocycles. The molecule has 4 heteroatoms. The van der Waals surface area contributed by atoms with Gasteiger partial charge < -0.3 is 5.32 Å². The Morgan fingerprint density at radius 3 is 2.76 bits per heavy atom. The van der Waals surface area contributed by atoms with Crippen molar-refractivity contribution in [2.75, 3.05) is 6.54 Å². The van der Waals surface area contributed by atoms with Gasteiger partial charge in [0.2, 0.25) is 0 Å². The zero-order chi connectivity index (χ0) is 14.5. The molecule has 0 bridgehead atoms. The summed E-state index contributed by atoms with van der Waals surface area (Å²) in [5.74, 6) is 0. The molecule has 106 valence electrons. The molecule has 0 spiro atoms. The highest BCUT2D eigenvalue weighted by Crippen LogP contribution is 2.23. The molecule has 0 aliphatic heterocycles. The molecule has 0 aliphatic carbocycles. The Kier molecular flexibility index (Phi) is 4.17. The standard InChI is InChI=1S/C17H18N4/c1-2-8-18-17(14-7-9-20-21-12-14)15-10-13-5-3-4-6-16(13)19-11-15/h3-7,9-12,17-18H,2,8H2,1H3. The third-order valence-electron chi connectivity index (χ3n) is 3.48. The first-order valence-electron chi connectivity index (χ1n) is 7.23. The highest BCUT2D eigenvalue weighted by molar-refractivity contribution is 5.78. The molecule has 1 unspecified atom stereocenters. The van der Waals surface area contributed by atoms with Gasteiger partial charge in [-0.05, 0) is 42.3 Å². The first-order valence-corrected chi connectivity index (χ1v) is 7.23. The maximum absolute atomic E-state index is 4.56. The van der Waals surface area contributed by atoms with Crippen molar-refractivity contribution in [3.8, 4) is 0 Å². The number of pyridine rings is 1. The summed E-state index contributed by atoms with van der Waals surface area (Å²) >= 11 is 0. The Bertz CT molecular complexity index is 712. The molecule has 2 aromatic heterocycles. The van der Waals surface area contributed by atoms with E-state index in [9.17, 15) is 0 Å². The van der Waals surface area contributed by atoms with Gasteiger partial charge in [-0.1, -0.05) is 25.1 Å². The topological polar surface area (TPSA) is 50.7 Å². The monoisotopic (exact) mass is 278 g/mol. The van der Waals surface area contributed by atoms with Crippen LogP contribution in [0.4, 0.5) is 0 Å². The average Bonchev–Trinajstić information content (AvgIpc) is 2.56. The average molecular weight is 278 g/mol. The highest BCUT2D eigenvalue weighted by Gasteiger charge is 2.14. The van der Waals surface area contributed by atoms with E-state index in [0.717, 1.165) is 35.0 Å². The molecule has 4 nitrogen and oxygen atoms in total. The van der Waals surface area contributed by atoms with Gasteiger partial charge in [0, 0.05) is 17.8 Å². The van der Waals surface area contributed by atoms with Crippen LogP contribution in [0.1, 0.15) is 30.5 Å². The molecule has 2 heterocycles. The van der Waals surface area contributed by atoms with Crippen LogP contribution in [0.15, 0.2) is 55.0 Å². The smallest absolute Gasteiger partial charge is 0.0702 e. The van der Waals surface area contributed by atoms with Crippen LogP contribution < -0.4 is 5.32 Å². The number of nitrogens with zero attached hydrogens (tertiary/aromatic N) is 3. The number of hydrogen-bond acceptors (Lipinski definition) is 4. The molecule has 0 saturated heterocycles. The minimum atomic E-state index is 0.0950. The van der Waals surface area contributed by atoms with Crippen LogP contribution in [0.5, 0.6) is 0 Å². The summed E-state index contributed by atoms with van der Waals surface area (Å²) in [6.45, 7) is 3.10. The normalized spacial score (nSPS) is 12.4. The zero-order valence-electron chi connectivity index (χ0n) is 12.0. The Morgan fingerprint density at radius 2 is 1.95 bits per heavy atom. The number of nitrogens with one attached hydrogen (secondary N) is 1. The lowest BCUT2D eigenvalue weighted by Crippen LogP contribution is -2.23. The molecule has 0 radical (unpaired) electrons. The van der Waals surface area contributed by atoms with Gasteiger partial charge in [-0.25, -0.2) is 0 Å². The molecule has 21 heavy (non-hydrogen) atoms. The van der Waals surface area contributed by atoms with E-state index in [1.165, 1.54) is 0 Å². The van der Waals surface area contributed by atoms with Crippen LogP contribution in [0.3, 0.4) is 0 Å². The molecule has 0 aliphatic rings. The van der Waals surface area contributed by atoms with E-state index in [2.05, 4.69) is 39.6 Å². The van der Waals surface area contributed by atoms with Crippen molar-refractivity contribution < 1.29 is 0 Å². The Labute approximate surface area is 124 Å². The van der Waals surface area contributed by atoms with Crippen molar-refractivity contribution in [2.45, 2.75) is 19.4 Å². The summed E-state index contributed by atoms with van der Waals surface area (Å²) in [5.41, 5.74) is 3.27. The molecular weight excluding hydrogens is 260 g/mol. The van der Waals surface area contributed by atoms with Gasteiger partial charge in [-0.3, -0.25) is 4.98 Å². The molecule has 3 aromatic rings. The van der Waals surface area contributed by atoms with Crippen molar-refractivity contribution in [2.24, 2.45) is 0 Å². The maximum Gasteiger partial charge on any atom is 0.0702 e. The van der Waals surface area contributed by atoms with E-state index >= 15 is 0 Å². The van der Waals surface area contributed by atoms with Gasteiger partial charge in [0.05, 0.1) is 17.8 Å². The molecule has 1 N–H and O–H groups in total. The second kappa shape index (κ2) is 6.41. The summed E-state index contributed by atoms with van der Waals surface area (Å²) in [6, 6.07) is 12.4. The number of aromatic nitrogens is 3. The Hall–Kier alpha value is -2.33. The van der Waals surface area contributed by atoms with Gasteiger partial charge in [0.1, 0.15) is 0 Å². The van der Waals surface area contributed by atoms with Crippen LogP contribution in [0.25, 0.3) is 10.9 Å². The van der Waals surface area contributed by atoms with Gasteiger partial charge in [0.25, 0.3) is 0 Å². The molecule has 1 aromatic carbocycles. The fourth-order valence-electron chi connectivity index (χ4n) is 2.43. The third kappa shape index (κ3) is 3.06. The first-order chi connectivity index (χ1) is 10.4. The van der Waals surface area contributed by atoms with Crippen LogP contribution in [0.2, 0.25) is 0 Å². The number of hydrogen-bond donors (Lipinski definition) is 1. The summed E-state index contributed by atoms with van der Waals surface area (Å²) in [6.07, 6.45) is 6.55. The van der Waals surface area contributed by atoms with Crippen molar-refractivity contribution in [3.63, 3.8) is 0 Å². The zero-order valence-corrected chi connectivity index (χ0v) is 12.0. The minimum absolute atomic E-state index is 0.0950. The molecule has 0 fully saturated rings. The summed E-state index contributed by atoms with van der Waals surface area (Å²) in [5, 5.41) is 12.6. The van der Waals surface area contributed by atoms with E-state index in [0.29, 0.717) is 0 Å². The number of para-hydroxylation sites is 1. The van der Waals surface area contributed by atoms with Gasteiger partial charge >= 0.3 is 0 Å². The van der Waals surface area contributed by atoms with Crippen LogP contribution in [-0.2, 0) is 0 Å². The lowest BCUT2D eigenvalue weighted by atomic mass is 10.0. The summed E-state index contributed by atoms with van der Waals surface area (Å²) in [4.78, 5) is 4.56. The highest BCUT2D eigenvalue weighted by atomic mass is 15.1. The van der Waals surface area contributed by atoms with Gasteiger partial charge in [0.15, 0.2) is 0 Å². The van der Waals surface area contributed by atoms with Crippen molar-refractivity contribution in [1.29, 1.82) is 0 Å². The third-order valence-corrected chi connectivity index (χ3v) is 3.48. The van der Waals surface area contributed by atoms with E-state index in [1.807, 2.05) is 36.7 Å². The van der Waals surface area contributed by atoms with Crippen LogP contribution >= 0.6 is 0 Å². The predicted molar refractivity (Wildman–Crippen MR) is 83.9 cm³/mol. The Morgan fingerprint density at radius 1 is 1.05 bits per heavy atom. The second-order valence-corrected chi connectivity index (χ2v) is 5.02. The van der Waals surface area contributed by atoms with Crippen molar-refractivity contribution in [3.05, 3.63) is 66.1 Å². The SMILES string of the molecule is CCCNC(c1ccnnc1)c1cnc2ccccc2c1. The second-order valence-electron chi connectivity index (χ2n) is 5.02.